The van der Waals surface area contributed by atoms with Crippen LogP contribution in [-0.2, 0) is 17.9 Å². The molecule has 1 aromatic carbocycles. The zero-order valence-electron chi connectivity index (χ0n) is 15.7. The van der Waals surface area contributed by atoms with Crippen molar-refractivity contribution >= 4 is 29.9 Å². The van der Waals surface area contributed by atoms with E-state index in [2.05, 4.69) is 15.6 Å². The van der Waals surface area contributed by atoms with Crippen LogP contribution < -0.4 is 10.6 Å². The normalized spacial score (nSPS) is 16.2. The highest BCUT2D eigenvalue weighted by Crippen LogP contribution is 2.40. The van der Waals surface area contributed by atoms with E-state index < -0.39 is 0 Å². The van der Waals surface area contributed by atoms with Gasteiger partial charge in [-0.3, -0.25) is 4.99 Å². The van der Waals surface area contributed by atoms with Crippen LogP contribution in [0.5, 0.6) is 0 Å². The SMILES string of the molecule is CN=C(NCc1ccc(F)c(CO)c1)NCC1(CCOC)CCCC1.I. The van der Waals surface area contributed by atoms with Gasteiger partial charge >= 0.3 is 0 Å². The van der Waals surface area contributed by atoms with Gasteiger partial charge in [0.15, 0.2) is 5.96 Å². The molecule has 5 nitrogen and oxygen atoms in total. The Balaban J connectivity index is 0.00000338. The third-order valence-electron chi connectivity index (χ3n) is 5.10. The average molecular weight is 479 g/mol. The van der Waals surface area contributed by atoms with Crippen LogP contribution in [0, 0.1) is 11.2 Å². The Morgan fingerprint density at radius 3 is 2.65 bits per heavy atom. The van der Waals surface area contributed by atoms with E-state index in [4.69, 9.17) is 9.84 Å². The van der Waals surface area contributed by atoms with Crippen LogP contribution in [0.1, 0.15) is 43.2 Å². The van der Waals surface area contributed by atoms with Crippen LogP contribution in [0.15, 0.2) is 23.2 Å². The summed E-state index contributed by atoms with van der Waals surface area (Å²) < 4.78 is 18.7. The molecule has 0 bridgehead atoms. The predicted octanol–water partition coefficient (Wildman–Crippen LogP) is 3.20. The van der Waals surface area contributed by atoms with Crippen LogP contribution in [-0.4, -0.2) is 38.4 Å². The van der Waals surface area contributed by atoms with Gasteiger partial charge in [-0.25, -0.2) is 4.39 Å². The molecule has 1 aliphatic rings. The Morgan fingerprint density at radius 1 is 1.31 bits per heavy atom. The summed E-state index contributed by atoms with van der Waals surface area (Å²) in [5.74, 6) is 0.355. The summed E-state index contributed by atoms with van der Waals surface area (Å²) in [6.07, 6.45) is 6.05. The molecule has 2 rings (SSSR count). The fraction of sp³-hybridized carbons (Fsp3) is 0.632. The van der Waals surface area contributed by atoms with Crippen LogP contribution >= 0.6 is 24.0 Å². The first-order valence-corrected chi connectivity index (χ1v) is 8.94. The molecule has 0 aliphatic heterocycles. The Labute approximate surface area is 172 Å². The van der Waals surface area contributed by atoms with Crippen molar-refractivity contribution in [3.8, 4) is 0 Å². The third kappa shape index (κ3) is 6.66. The summed E-state index contributed by atoms with van der Waals surface area (Å²) in [7, 11) is 3.50. The van der Waals surface area contributed by atoms with Crippen LogP contribution in [0.25, 0.3) is 0 Å². The number of methoxy groups -OCH3 is 1. The summed E-state index contributed by atoms with van der Waals surface area (Å²) in [5, 5.41) is 15.9. The number of hydrogen-bond donors (Lipinski definition) is 3. The zero-order valence-corrected chi connectivity index (χ0v) is 18.0. The first-order chi connectivity index (χ1) is 12.1. The molecule has 7 heteroatoms. The molecule has 1 aliphatic carbocycles. The van der Waals surface area contributed by atoms with Crippen molar-refractivity contribution in [1.29, 1.82) is 0 Å². The molecule has 0 aromatic heterocycles. The summed E-state index contributed by atoms with van der Waals surface area (Å²) in [6.45, 7) is 1.89. The highest BCUT2D eigenvalue weighted by molar-refractivity contribution is 14.0. The van der Waals surface area contributed by atoms with Crippen molar-refractivity contribution in [2.24, 2.45) is 10.4 Å². The monoisotopic (exact) mass is 479 g/mol. The minimum absolute atomic E-state index is 0. The standard InChI is InChI=1S/C19H30FN3O2.HI/c1-21-18(22-12-15-5-6-17(20)16(11-15)13-24)23-14-19(9-10-25-2)7-3-4-8-19;/h5-6,11,24H,3-4,7-10,12-14H2,1-2H3,(H2,21,22,23);1H. The van der Waals surface area contributed by atoms with Gasteiger partial charge in [0.25, 0.3) is 0 Å². The second-order valence-electron chi connectivity index (χ2n) is 6.81. The fourth-order valence-corrected chi connectivity index (χ4v) is 3.50. The van der Waals surface area contributed by atoms with Crippen molar-refractivity contribution in [2.45, 2.75) is 45.3 Å². The van der Waals surface area contributed by atoms with Crippen LogP contribution in [0.2, 0.25) is 0 Å². The van der Waals surface area contributed by atoms with Gasteiger partial charge in [-0.15, -0.1) is 24.0 Å². The van der Waals surface area contributed by atoms with Gasteiger partial charge in [0.1, 0.15) is 5.82 Å². The molecule has 0 heterocycles. The highest BCUT2D eigenvalue weighted by atomic mass is 127. The van der Waals surface area contributed by atoms with E-state index in [0.29, 0.717) is 12.1 Å². The number of ether oxygens (including phenoxy) is 1. The van der Waals surface area contributed by atoms with Gasteiger partial charge in [-0.05, 0) is 42.4 Å². The molecule has 148 valence electrons. The minimum atomic E-state index is -0.380. The Kier molecular flexibility index (Phi) is 10.4. The second-order valence-corrected chi connectivity index (χ2v) is 6.81. The summed E-state index contributed by atoms with van der Waals surface area (Å²) in [6, 6.07) is 4.77. The summed E-state index contributed by atoms with van der Waals surface area (Å²) in [4.78, 5) is 4.28. The molecule has 0 radical (unpaired) electrons. The molecule has 3 N–H and O–H groups in total. The van der Waals surface area contributed by atoms with Gasteiger partial charge in [0.05, 0.1) is 6.61 Å². The maximum Gasteiger partial charge on any atom is 0.191 e. The number of guanidine groups is 1. The number of aliphatic hydroxyl groups is 1. The van der Waals surface area contributed by atoms with Crippen molar-refractivity contribution in [2.75, 3.05) is 27.3 Å². The number of aliphatic imine (C=N–C) groups is 1. The first kappa shape index (κ1) is 23.1. The lowest BCUT2D eigenvalue weighted by Crippen LogP contribution is -2.43. The molecule has 26 heavy (non-hydrogen) atoms. The van der Waals surface area contributed by atoms with Gasteiger partial charge in [-0.1, -0.05) is 18.9 Å². The largest absolute Gasteiger partial charge is 0.392 e. The maximum absolute atomic E-state index is 13.4. The molecular formula is C19H31FIN3O2. The highest BCUT2D eigenvalue weighted by Gasteiger charge is 2.33. The summed E-state index contributed by atoms with van der Waals surface area (Å²) in [5.41, 5.74) is 1.50. The quantitative estimate of drug-likeness (QED) is 0.305. The van der Waals surface area contributed by atoms with Crippen LogP contribution in [0.4, 0.5) is 4.39 Å². The minimum Gasteiger partial charge on any atom is -0.392 e. The molecule has 1 saturated carbocycles. The number of nitrogens with one attached hydrogen (secondary N) is 2. The topological polar surface area (TPSA) is 65.9 Å². The Morgan fingerprint density at radius 2 is 2.04 bits per heavy atom. The van der Waals surface area contributed by atoms with E-state index in [0.717, 1.165) is 31.1 Å². The molecule has 0 unspecified atom stereocenters. The van der Waals surface area contributed by atoms with Gasteiger partial charge < -0.3 is 20.5 Å². The van der Waals surface area contributed by atoms with Crippen LogP contribution in [0.3, 0.4) is 0 Å². The van der Waals surface area contributed by atoms with E-state index in [1.165, 1.54) is 31.7 Å². The van der Waals surface area contributed by atoms with Gasteiger partial charge in [0.2, 0.25) is 0 Å². The number of rotatable bonds is 8. The van der Waals surface area contributed by atoms with Crippen molar-refractivity contribution < 1.29 is 14.2 Å². The Hall–Kier alpha value is -0.930. The lowest BCUT2D eigenvalue weighted by molar-refractivity contribution is 0.138. The lowest BCUT2D eigenvalue weighted by atomic mass is 9.83. The number of benzene rings is 1. The Bertz CT molecular complexity index is 578. The lowest BCUT2D eigenvalue weighted by Gasteiger charge is -2.30. The maximum atomic E-state index is 13.4. The van der Waals surface area contributed by atoms with Gasteiger partial charge in [0, 0.05) is 39.4 Å². The smallest absolute Gasteiger partial charge is 0.191 e. The molecule has 0 atom stereocenters. The first-order valence-electron chi connectivity index (χ1n) is 8.94. The zero-order chi connectivity index (χ0) is 18.1. The average Bonchev–Trinajstić information content (AvgIpc) is 3.10. The summed E-state index contributed by atoms with van der Waals surface area (Å²) >= 11 is 0. The molecular weight excluding hydrogens is 448 g/mol. The number of hydrogen-bond acceptors (Lipinski definition) is 3. The second kappa shape index (κ2) is 11.7. The molecule has 0 saturated heterocycles. The van der Waals surface area contributed by atoms with E-state index in [1.54, 1.807) is 26.3 Å². The number of nitrogens with zero attached hydrogens (tertiary/aromatic N) is 1. The predicted molar refractivity (Wildman–Crippen MR) is 113 cm³/mol. The van der Waals surface area contributed by atoms with E-state index in [-0.39, 0.29) is 41.8 Å². The van der Waals surface area contributed by atoms with Crippen molar-refractivity contribution in [1.82, 2.24) is 10.6 Å². The van der Waals surface area contributed by atoms with Gasteiger partial charge in [-0.2, -0.15) is 0 Å². The fourth-order valence-electron chi connectivity index (χ4n) is 3.50. The third-order valence-corrected chi connectivity index (χ3v) is 5.10. The van der Waals surface area contributed by atoms with Crippen molar-refractivity contribution in [3.05, 3.63) is 35.1 Å². The van der Waals surface area contributed by atoms with E-state index >= 15 is 0 Å². The van der Waals surface area contributed by atoms with Crippen molar-refractivity contribution in [3.63, 3.8) is 0 Å². The van der Waals surface area contributed by atoms with E-state index in [1.807, 2.05) is 0 Å². The number of aliphatic hydroxyl groups excluding tert-OH is 1. The molecule has 0 spiro atoms. The molecule has 0 amide bonds. The molecule has 1 fully saturated rings. The van der Waals surface area contributed by atoms with E-state index in [9.17, 15) is 4.39 Å². The number of halogens is 2. The molecule has 1 aromatic rings.